The number of para-hydroxylation sites is 2. The number of aryl methyl sites for hydroxylation is 1. The van der Waals surface area contributed by atoms with Crippen molar-refractivity contribution >= 4 is 44.4 Å². The molecule has 0 aliphatic carbocycles. The minimum Gasteiger partial charge on any atom is -0.325 e. The van der Waals surface area contributed by atoms with Gasteiger partial charge in [-0.15, -0.1) is 0 Å². The van der Waals surface area contributed by atoms with Crippen LogP contribution < -0.4 is 10.5 Å². The SMILES string of the molecule is CCCCCCn1c(SCC(=O)Nc2cccc(S(N)(=O)=O)c2)nc2ccccc21. The van der Waals surface area contributed by atoms with Gasteiger partial charge in [0.15, 0.2) is 5.16 Å². The average Bonchev–Trinajstić information content (AvgIpc) is 3.07. The van der Waals surface area contributed by atoms with Gasteiger partial charge in [-0.3, -0.25) is 4.79 Å². The molecule has 0 unspecified atom stereocenters. The van der Waals surface area contributed by atoms with Gasteiger partial charge in [-0.1, -0.05) is 56.1 Å². The Kier molecular flexibility index (Phi) is 7.52. The maximum Gasteiger partial charge on any atom is 0.238 e. The molecule has 0 saturated heterocycles. The second-order valence-corrected chi connectivity index (χ2v) is 9.51. The molecule has 3 aromatic rings. The highest BCUT2D eigenvalue weighted by molar-refractivity contribution is 7.99. The van der Waals surface area contributed by atoms with Crippen molar-refractivity contribution in [3.05, 3.63) is 48.5 Å². The van der Waals surface area contributed by atoms with Crippen LogP contribution in [-0.2, 0) is 21.4 Å². The smallest absolute Gasteiger partial charge is 0.238 e. The Bertz CT molecular complexity index is 1130. The zero-order valence-electron chi connectivity index (χ0n) is 16.9. The Balaban J connectivity index is 1.68. The van der Waals surface area contributed by atoms with Crippen LogP contribution in [-0.4, -0.2) is 29.6 Å². The molecule has 9 heteroatoms. The minimum absolute atomic E-state index is 0.0400. The van der Waals surface area contributed by atoms with Crippen molar-refractivity contribution in [2.45, 2.75) is 49.2 Å². The number of rotatable bonds is 10. The van der Waals surface area contributed by atoms with Crippen LogP contribution in [0.5, 0.6) is 0 Å². The Morgan fingerprint density at radius 3 is 2.70 bits per heavy atom. The van der Waals surface area contributed by atoms with Crippen LogP contribution in [0.15, 0.2) is 58.6 Å². The van der Waals surface area contributed by atoms with Gasteiger partial charge < -0.3 is 9.88 Å². The van der Waals surface area contributed by atoms with E-state index in [2.05, 4.69) is 21.8 Å². The first-order chi connectivity index (χ1) is 14.4. The summed E-state index contributed by atoms with van der Waals surface area (Å²) in [6, 6.07) is 13.9. The van der Waals surface area contributed by atoms with Crippen LogP contribution in [0.2, 0.25) is 0 Å². The number of carbonyl (C=O) groups excluding carboxylic acids is 1. The molecule has 0 aliphatic rings. The molecule has 0 radical (unpaired) electrons. The van der Waals surface area contributed by atoms with Crippen molar-refractivity contribution in [2.24, 2.45) is 5.14 Å². The van der Waals surface area contributed by atoms with E-state index in [-0.39, 0.29) is 16.6 Å². The zero-order chi connectivity index (χ0) is 21.6. The number of fused-ring (bicyclic) bond motifs is 1. The van der Waals surface area contributed by atoms with E-state index >= 15 is 0 Å². The first-order valence-corrected chi connectivity index (χ1v) is 12.4. The highest BCUT2D eigenvalue weighted by Crippen LogP contribution is 2.25. The monoisotopic (exact) mass is 446 g/mol. The van der Waals surface area contributed by atoms with E-state index in [0.717, 1.165) is 35.6 Å². The number of unbranched alkanes of at least 4 members (excludes halogenated alkanes) is 3. The van der Waals surface area contributed by atoms with Crippen LogP contribution >= 0.6 is 11.8 Å². The molecule has 1 heterocycles. The lowest BCUT2D eigenvalue weighted by atomic mass is 10.2. The molecule has 3 rings (SSSR count). The van der Waals surface area contributed by atoms with Gasteiger partial charge in [-0.2, -0.15) is 0 Å². The molecular formula is C21H26N4O3S2. The van der Waals surface area contributed by atoms with Crippen LogP contribution in [0, 0.1) is 0 Å². The van der Waals surface area contributed by atoms with Gasteiger partial charge in [-0.05, 0) is 36.8 Å². The molecule has 1 amide bonds. The number of nitrogens with zero attached hydrogens (tertiary/aromatic N) is 2. The normalized spacial score (nSPS) is 11.7. The third kappa shape index (κ3) is 5.84. The fourth-order valence-electron chi connectivity index (χ4n) is 3.15. The summed E-state index contributed by atoms with van der Waals surface area (Å²) < 4.78 is 25.1. The highest BCUT2D eigenvalue weighted by Gasteiger charge is 2.14. The third-order valence-corrected chi connectivity index (χ3v) is 6.52. The highest BCUT2D eigenvalue weighted by atomic mass is 32.2. The topological polar surface area (TPSA) is 107 Å². The summed E-state index contributed by atoms with van der Waals surface area (Å²) >= 11 is 1.37. The number of benzene rings is 2. The molecule has 0 fully saturated rings. The number of imidazole rings is 1. The average molecular weight is 447 g/mol. The summed E-state index contributed by atoms with van der Waals surface area (Å²) in [6.45, 7) is 3.05. The van der Waals surface area contributed by atoms with E-state index in [0.29, 0.717) is 5.69 Å². The van der Waals surface area contributed by atoms with Crippen molar-refractivity contribution < 1.29 is 13.2 Å². The fourth-order valence-corrected chi connectivity index (χ4v) is 4.55. The number of aromatic nitrogens is 2. The molecule has 0 saturated carbocycles. The Hall–Kier alpha value is -2.36. The Morgan fingerprint density at radius 2 is 1.93 bits per heavy atom. The summed E-state index contributed by atoms with van der Waals surface area (Å²) in [4.78, 5) is 17.1. The molecule has 0 aliphatic heterocycles. The number of carbonyl (C=O) groups is 1. The molecule has 7 nitrogen and oxygen atoms in total. The van der Waals surface area contributed by atoms with Gasteiger partial charge in [0.2, 0.25) is 15.9 Å². The maximum absolute atomic E-state index is 12.4. The van der Waals surface area contributed by atoms with Gasteiger partial charge >= 0.3 is 0 Å². The first kappa shape index (κ1) is 22.3. The van der Waals surface area contributed by atoms with Crippen molar-refractivity contribution in [3.63, 3.8) is 0 Å². The third-order valence-electron chi connectivity index (χ3n) is 4.63. The first-order valence-electron chi connectivity index (χ1n) is 9.89. The molecule has 0 atom stereocenters. The van der Waals surface area contributed by atoms with E-state index in [9.17, 15) is 13.2 Å². The number of hydrogen-bond donors (Lipinski definition) is 2. The largest absolute Gasteiger partial charge is 0.325 e. The summed E-state index contributed by atoms with van der Waals surface area (Å²) in [5.74, 6) is -0.0751. The van der Waals surface area contributed by atoms with Gasteiger partial charge in [0.1, 0.15) is 0 Å². The number of amides is 1. The molecular weight excluding hydrogens is 420 g/mol. The summed E-state index contributed by atoms with van der Waals surface area (Å²) in [5.41, 5.74) is 2.37. The minimum atomic E-state index is -3.82. The van der Waals surface area contributed by atoms with Gasteiger partial charge in [0, 0.05) is 12.2 Å². The van der Waals surface area contributed by atoms with Crippen molar-refractivity contribution in [1.29, 1.82) is 0 Å². The number of anilines is 1. The van der Waals surface area contributed by atoms with Crippen LogP contribution in [0.25, 0.3) is 11.0 Å². The Morgan fingerprint density at radius 1 is 1.13 bits per heavy atom. The van der Waals surface area contributed by atoms with E-state index in [4.69, 9.17) is 5.14 Å². The summed E-state index contributed by atoms with van der Waals surface area (Å²) in [6.07, 6.45) is 4.61. The van der Waals surface area contributed by atoms with E-state index in [1.165, 1.54) is 42.8 Å². The van der Waals surface area contributed by atoms with E-state index < -0.39 is 10.0 Å². The molecule has 1 aromatic heterocycles. The quantitative estimate of drug-likeness (QED) is 0.362. The van der Waals surface area contributed by atoms with Crippen molar-refractivity contribution in [3.8, 4) is 0 Å². The van der Waals surface area contributed by atoms with Gasteiger partial charge in [0.25, 0.3) is 0 Å². The number of nitrogens with two attached hydrogens (primary N) is 1. The Labute approximate surface area is 181 Å². The second kappa shape index (κ2) is 10.1. The maximum atomic E-state index is 12.4. The number of primary sulfonamides is 1. The fraction of sp³-hybridized carbons (Fsp3) is 0.333. The number of thioether (sulfide) groups is 1. The van der Waals surface area contributed by atoms with Crippen LogP contribution in [0.1, 0.15) is 32.6 Å². The van der Waals surface area contributed by atoms with E-state index in [1.807, 2.05) is 24.3 Å². The number of hydrogen-bond acceptors (Lipinski definition) is 5. The lowest BCUT2D eigenvalue weighted by molar-refractivity contribution is -0.113. The predicted molar refractivity (Wildman–Crippen MR) is 121 cm³/mol. The lowest BCUT2D eigenvalue weighted by Gasteiger charge is -2.09. The van der Waals surface area contributed by atoms with Crippen LogP contribution in [0.4, 0.5) is 5.69 Å². The molecule has 2 aromatic carbocycles. The van der Waals surface area contributed by atoms with Gasteiger partial charge in [-0.25, -0.2) is 18.5 Å². The van der Waals surface area contributed by atoms with Crippen molar-refractivity contribution in [2.75, 3.05) is 11.1 Å². The molecule has 160 valence electrons. The predicted octanol–water partition coefficient (Wildman–Crippen LogP) is 3.99. The lowest BCUT2D eigenvalue weighted by Crippen LogP contribution is -2.16. The summed E-state index contributed by atoms with van der Waals surface area (Å²) in [7, 11) is -3.82. The number of nitrogens with one attached hydrogen (secondary N) is 1. The molecule has 3 N–H and O–H groups in total. The van der Waals surface area contributed by atoms with Crippen molar-refractivity contribution in [1.82, 2.24) is 9.55 Å². The van der Waals surface area contributed by atoms with Gasteiger partial charge in [0.05, 0.1) is 21.7 Å². The summed E-state index contributed by atoms with van der Waals surface area (Å²) in [5, 5.41) is 8.68. The molecule has 0 bridgehead atoms. The van der Waals surface area contributed by atoms with Crippen LogP contribution in [0.3, 0.4) is 0 Å². The second-order valence-electron chi connectivity index (χ2n) is 7.01. The standard InChI is InChI=1S/C21H26N4O3S2/c1-2-3-4-7-13-25-19-12-6-5-11-18(19)24-21(25)29-15-20(26)23-16-9-8-10-17(14-16)30(22,27)28/h5-6,8-12,14H,2-4,7,13,15H2,1H3,(H,23,26)(H2,22,27,28). The zero-order valence-corrected chi connectivity index (χ0v) is 18.5. The molecule has 30 heavy (non-hydrogen) atoms. The molecule has 0 spiro atoms. The van der Waals surface area contributed by atoms with E-state index in [1.54, 1.807) is 6.07 Å². The number of sulfonamides is 1.